The number of benzene rings is 2. The number of hydrogen-bond donors (Lipinski definition) is 0. The standard InChI is InChI=1S/C21H23ClN2O/c1-14(2)15-8-10-16(11-9-15)20-23-12-4-7-19(23)21(25)24(20)18-6-3-5-17(22)13-18/h3,5-6,8-11,13-14,19-20H,4,7,12H2,1-2H3/t19-,20+/m0/s1. The van der Waals surface area contributed by atoms with Crippen LogP contribution in [0, 0.1) is 0 Å². The number of rotatable bonds is 3. The third-order valence-corrected chi connectivity index (χ3v) is 5.60. The van der Waals surface area contributed by atoms with Gasteiger partial charge in [-0.1, -0.05) is 55.8 Å². The molecule has 2 aromatic rings. The van der Waals surface area contributed by atoms with Gasteiger partial charge in [-0.25, -0.2) is 0 Å². The van der Waals surface area contributed by atoms with Crippen molar-refractivity contribution in [2.24, 2.45) is 0 Å². The van der Waals surface area contributed by atoms with Crippen molar-refractivity contribution in [3.63, 3.8) is 0 Å². The molecule has 3 nitrogen and oxygen atoms in total. The zero-order valence-corrected chi connectivity index (χ0v) is 15.4. The van der Waals surface area contributed by atoms with Crippen LogP contribution in [0.4, 0.5) is 5.69 Å². The van der Waals surface area contributed by atoms with Gasteiger partial charge in [-0.05, 0) is 48.1 Å². The van der Waals surface area contributed by atoms with Crippen LogP contribution < -0.4 is 4.90 Å². The summed E-state index contributed by atoms with van der Waals surface area (Å²) in [7, 11) is 0. The van der Waals surface area contributed by atoms with E-state index in [2.05, 4.69) is 43.0 Å². The lowest BCUT2D eigenvalue weighted by molar-refractivity contribution is -0.119. The number of anilines is 1. The molecule has 1 amide bonds. The monoisotopic (exact) mass is 354 g/mol. The highest BCUT2D eigenvalue weighted by Gasteiger charge is 2.49. The van der Waals surface area contributed by atoms with Gasteiger partial charge in [0.2, 0.25) is 5.91 Å². The fourth-order valence-electron chi connectivity index (χ4n) is 4.06. The lowest BCUT2D eigenvalue weighted by atomic mass is 10.0. The minimum atomic E-state index is -0.0420. The van der Waals surface area contributed by atoms with Gasteiger partial charge in [0.25, 0.3) is 0 Å². The van der Waals surface area contributed by atoms with Crippen molar-refractivity contribution >= 4 is 23.2 Å². The fraction of sp³-hybridized carbons (Fsp3) is 0.381. The SMILES string of the molecule is CC(C)c1ccc([C@H]2N(c3cccc(Cl)c3)C(=O)[C@@H]3CCCN32)cc1. The van der Waals surface area contributed by atoms with E-state index in [0.29, 0.717) is 10.9 Å². The van der Waals surface area contributed by atoms with Crippen LogP contribution in [-0.4, -0.2) is 23.4 Å². The second kappa shape index (κ2) is 6.47. The molecule has 2 aliphatic rings. The Morgan fingerprint density at radius 2 is 1.88 bits per heavy atom. The molecule has 0 aromatic heterocycles. The highest BCUT2D eigenvalue weighted by atomic mass is 35.5. The maximum Gasteiger partial charge on any atom is 0.246 e. The molecule has 4 rings (SSSR count). The van der Waals surface area contributed by atoms with Crippen molar-refractivity contribution in [2.45, 2.75) is 44.8 Å². The van der Waals surface area contributed by atoms with Crippen LogP contribution in [0.2, 0.25) is 5.02 Å². The molecule has 2 aliphatic heterocycles. The Morgan fingerprint density at radius 1 is 1.12 bits per heavy atom. The van der Waals surface area contributed by atoms with Gasteiger partial charge in [0, 0.05) is 17.3 Å². The molecule has 2 fully saturated rings. The Balaban J connectivity index is 1.77. The largest absolute Gasteiger partial charge is 0.290 e. The van der Waals surface area contributed by atoms with Gasteiger partial charge in [0.1, 0.15) is 6.17 Å². The first-order chi connectivity index (χ1) is 12.1. The molecule has 4 heteroatoms. The van der Waals surface area contributed by atoms with Gasteiger partial charge in [-0.3, -0.25) is 14.6 Å². The summed E-state index contributed by atoms with van der Waals surface area (Å²) >= 11 is 6.19. The maximum absolute atomic E-state index is 13.1. The van der Waals surface area contributed by atoms with E-state index >= 15 is 0 Å². The number of carbonyl (C=O) groups is 1. The zero-order valence-electron chi connectivity index (χ0n) is 14.7. The number of amides is 1. The van der Waals surface area contributed by atoms with E-state index in [1.807, 2.05) is 29.2 Å². The second-order valence-electron chi connectivity index (χ2n) is 7.28. The summed E-state index contributed by atoms with van der Waals surface area (Å²) in [5.41, 5.74) is 3.37. The molecule has 2 aromatic carbocycles. The molecule has 2 atom stereocenters. The highest BCUT2D eigenvalue weighted by molar-refractivity contribution is 6.31. The summed E-state index contributed by atoms with van der Waals surface area (Å²) in [4.78, 5) is 17.4. The number of fused-ring (bicyclic) bond motifs is 1. The molecular weight excluding hydrogens is 332 g/mol. The minimum Gasteiger partial charge on any atom is -0.290 e. The van der Waals surface area contributed by atoms with Gasteiger partial charge in [-0.15, -0.1) is 0 Å². The van der Waals surface area contributed by atoms with Gasteiger partial charge >= 0.3 is 0 Å². The van der Waals surface area contributed by atoms with Crippen LogP contribution in [-0.2, 0) is 4.79 Å². The Labute approximate surface area is 154 Å². The number of carbonyl (C=O) groups excluding carboxylic acids is 1. The summed E-state index contributed by atoms with van der Waals surface area (Å²) in [6.07, 6.45) is 1.98. The molecule has 130 valence electrons. The molecule has 25 heavy (non-hydrogen) atoms. The van der Waals surface area contributed by atoms with Crippen LogP contribution in [0.25, 0.3) is 0 Å². The van der Waals surface area contributed by atoms with Crippen molar-refractivity contribution in [1.82, 2.24) is 4.90 Å². The summed E-state index contributed by atoms with van der Waals surface area (Å²) in [5.74, 6) is 0.695. The molecule has 2 saturated heterocycles. The first kappa shape index (κ1) is 16.6. The zero-order chi connectivity index (χ0) is 17.6. The predicted molar refractivity (Wildman–Crippen MR) is 102 cm³/mol. The predicted octanol–water partition coefficient (Wildman–Crippen LogP) is 4.97. The quantitative estimate of drug-likeness (QED) is 0.776. The first-order valence-corrected chi connectivity index (χ1v) is 9.38. The average Bonchev–Trinajstić information content (AvgIpc) is 3.17. The highest BCUT2D eigenvalue weighted by Crippen LogP contribution is 2.42. The third-order valence-electron chi connectivity index (χ3n) is 5.36. The van der Waals surface area contributed by atoms with E-state index in [0.717, 1.165) is 25.1 Å². The van der Waals surface area contributed by atoms with E-state index in [-0.39, 0.29) is 18.1 Å². The van der Waals surface area contributed by atoms with Gasteiger partial charge < -0.3 is 0 Å². The number of nitrogens with zero attached hydrogens (tertiary/aromatic N) is 2. The Morgan fingerprint density at radius 3 is 2.56 bits per heavy atom. The van der Waals surface area contributed by atoms with Crippen LogP contribution in [0.3, 0.4) is 0 Å². The van der Waals surface area contributed by atoms with Crippen LogP contribution >= 0.6 is 11.6 Å². The lowest BCUT2D eigenvalue weighted by Crippen LogP contribution is -2.32. The topological polar surface area (TPSA) is 23.6 Å². The average molecular weight is 355 g/mol. The lowest BCUT2D eigenvalue weighted by Gasteiger charge is -2.30. The smallest absolute Gasteiger partial charge is 0.246 e. The molecule has 0 N–H and O–H groups in total. The van der Waals surface area contributed by atoms with E-state index in [1.165, 1.54) is 11.1 Å². The molecule has 0 spiro atoms. The van der Waals surface area contributed by atoms with Gasteiger partial charge in [0.05, 0.1) is 6.04 Å². The minimum absolute atomic E-state index is 0.00578. The van der Waals surface area contributed by atoms with Crippen LogP contribution in [0.5, 0.6) is 0 Å². The van der Waals surface area contributed by atoms with Crippen molar-refractivity contribution in [2.75, 3.05) is 11.4 Å². The molecule has 0 unspecified atom stereocenters. The van der Waals surface area contributed by atoms with Crippen molar-refractivity contribution in [3.8, 4) is 0 Å². The van der Waals surface area contributed by atoms with E-state index in [9.17, 15) is 4.79 Å². The van der Waals surface area contributed by atoms with E-state index in [4.69, 9.17) is 11.6 Å². The van der Waals surface area contributed by atoms with Gasteiger partial charge in [-0.2, -0.15) is 0 Å². The molecule has 0 saturated carbocycles. The number of hydrogen-bond acceptors (Lipinski definition) is 2. The van der Waals surface area contributed by atoms with Gasteiger partial charge in [0.15, 0.2) is 0 Å². The third kappa shape index (κ3) is 2.86. The summed E-state index contributed by atoms with van der Waals surface area (Å²) in [6, 6.07) is 16.3. The van der Waals surface area contributed by atoms with Crippen molar-refractivity contribution in [1.29, 1.82) is 0 Å². The molecule has 2 heterocycles. The second-order valence-corrected chi connectivity index (χ2v) is 7.72. The Bertz CT molecular complexity index is 787. The van der Waals surface area contributed by atoms with Crippen molar-refractivity contribution < 1.29 is 4.79 Å². The van der Waals surface area contributed by atoms with Crippen LogP contribution in [0.15, 0.2) is 48.5 Å². The normalized spacial score (nSPS) is 23.5. The number of halogens is 1. The van der Waals surface area contributed by atoms with Crippen LogP contribution in [0.1, 0.15) is 49.9 Å². The van der Waals surface area contributed by atoms with E-state index in [1.54, 1.807) is 0 Å². The van der Waals surface area contributed by atoms with Crippen molar-refractivity contribution in [3.05, 3.63) is 64.7 Å². The molecule has 0 aliphatic carbocycles. The molecule has 0 radical (unpaired) electrons. The first-order valence-electron chi connectivity index (χ1n) is 9.00. The summed E-state index contributed by atoms with van der Waals surface area (Å²) in [6.45, 7) is 5.36. The molecular formula is C21H23ClN2O. The Hall–Kier alpha value is -1.84. The Kier molecular flexibility index (Phi) is 4.30. The fourth-order valence-corrected chi connectivity index (χ4v) is 4.25. The summed E-state index contributed by atoms with van der Waals surface area (Å²) in [5, 5.41) is 0.659. The summed E-state index contributed by atoms with van der Waals surface area (Å²) < 4.78 is 0. The molecule has 0 bridgehead atoms. The maximum atomic E-state index is 13.1. The van der Waals surface area contributed by atoms with E-state index < -0.39 is 0 Å².